The van der Waals surface area contributed by atoms with Crippen LogP contribution in [-0.2, 0) is 6.42 Å². The maximum Gasteiger partial charge on any atom is 0.107 e. The molecular weight excluding hydrogens is 280 g/mol. The van der Waals surface area contributed by atoms with Gasteiger partial charge in [0.05, 0.1) is 6.10 Å². The highest BCUT2D eigenvalue weighted by atomic mass is 32.1. The highest BCUT2D eigenvalue weighted by Crippen LogP contribution is 2.56. The van der Waals surface area contributed by atoms with E-state index in [0.717, 1.165) is 17.5 Å². The number of fused-ring (bicyclic) bond motifs is 5. The summed E-state index contributed by atoms with van der Waals surface area (Å²) in [6.07, 6.45) is 0.125. The lowest BCUT2D eigenvalue weighted by atomic mass is 9.88. The molecule has 0 aliphatic heterocycles. The van der Waals surface area contributed by atoms with Gasteiger partial charge >= 0.3 is 0 Å². The second-order valence-corrected chi connectivity index (χ2v) is 7.01. The quantitative estimate of drug-likeness (QED) is 0.516. The van der Waals surface area contributed by atoms with E-state index in [-0.39, 0.29) is 0 Å². The van der Waals surface area contributed by atoms with Gasteiger partial charge in [-0.2, -0.15) is 0 Å². The SMILES string of the molecule is O[C@@H]1c2c(sc3c2-c2cccc4cccc-3c24)CC[C@@H]1O. The molecule has 3 aromatic rings. The van der Waals surface area contributed by atoms with Crippen molar-refractivity contribution >= 4 is 22.1 Å². The van der Waals surface area contributed by atoms with Crippen molar-refractivity contribution in [2.75, 3.05) is 0 Å². The fraction of sp³-hybridized carbons (Fsp3) is 0.222. The third-order valence-corrected chi connectivity index (χ3v) is 6.07. The summed E-state index contributed by atoms with van der Waals surface area (Å²) in [5.74, 6) is 0. The number of rotatable bonds is 0. The molecule has 2 aliphatic rings. The summed E-state index contributed by atoms with van der Waals surface area (Å²) in [6, 6.07) is 12.8. The van der Waals surface area contributed by atoms with Crippen molar-refractivity contribution in [2.24, 2.45) is 0 Å². The molecule has 2 N–H and O–H groups in total. The second kappa shape index (κ2) is 3.95. The molecule has 21 heavy (non-hydrogen) atoms. The molecule has 0 fully saturated rings. The molecule has 3 heteroatoms. The highest BCUT2D eigenvalue weighted by Gasteiger charge is 2.36. The van der Waals surface area contributed by atoms with Crippen LogP contribution >= 0.6 is 11.3 Å². The average molecular weight is 294 g/mol. The minimum Gasteiger partial charge on any atom is -0.390 e. The van der Waals surface area contributed by atoms with E-state index in [0.29, 0.717) is 6.42 Å². The summed E-state index contributed by atoms with van der Waals surface area (Å²) >= 11 is 1.79. The molecular formula is C18H14O2S. The molecule has 0 amide bonds. The maximum absolute atomic E-state index is 10.5. The Morgan fingerprint density at radius 2 is 1.76 bits per heavy atom. The summed E-state index contributed by atoms with van der Waals surface area (Å²) in [7, 11) is 0. The van der Waals surface area contributed by atoms with Gasteiger partial charge in [-0.15, -0.1) is 11.3 Å². The smallest absolute Gasteiger partial charge is 0.107 e. The zero-order valence-corrected chi connectivity index (χ0v) is 12.2. The standard InChI is InChI=1S/C18H14O2S/c19-12-7-8-13-16(17(12)20)15-10-5-1-3-9-4-2-6-11(14(9)10)18(15)21-13/h1-6,12,17,19-20H,7-8H2/t12-,17-/m0/s1. The number of thiophene rings is 1. The van der Waals surface area contributed by atoms with Crippen molar-refractivity contribution in [2.45, 2.75) is 25.0 Å². The van der Waals surface area contributed by atoms with E-state index in [1.807, 2.05) is 0 Å². The molecule has 2 nitrogen and oxygen atoms in total. The van der Waals surface area contributed by atoms with Gasteiger partial charge in [-0.05, 0) is 29.2 Å². The van der Waals surface area contributed by atoms with Crippen LogP contribution in [0, 0.1) is 0 Å². The minimum absolute atomic E-state index is 0.640. The fourth-order valence-electron chi connectivity index (χ4n) is 3.81. The monoisotopic (exact) mass is 294 g/mol. The summed E-state index contributed by atoms with van der Waals surface area (Å²) < 4.78 is 0. The van der Waals surface area contributed by atoms with Crippen LogP contribution in [0.2, 0.25) is 0 Å². The van der Waals surface area contributed by atoms with E-state index in [1.165, 1.54) is 31.7 Å². The lowest BCUT2D eigenvalue weighted by Crippen LogP contribution is -2.24. The van der Waals surface area contributed by atoms with E-state index in [9.17, 15) is 10.2 Å². The first-order valence-corrected chi connectivity index (χ1v) is 8.11. The molecule has 1 heterocycles. The van der Waals surface area contributed by atoms with Gasteiger partial charge in [0.15, 0.2) is 0 Å². The Hall–Kier alpha value is -1.68. The van der Waals surface area contributed by atoms with Crippen molar-refractivity contribution < 1.29 is 10.2 Å². The second-order valence-electron chi connectivity index (χ2n) is 5.90. The van der Waals surface area contributed by atoms with Crippen LogP contribution in [0.3, 0.4) is 0 Å². The fourth-order valence-corrected chi connectivity index (χ4v) is 5.22. The van der Waals surface area contributed by atoms with E-state index in [4.69, 9.17) is 0 Å². The zero-order valence-electron chi connectivity index (χ0n) is 11.3. The lowest BCUT2D eigenvalue weighted by molar-refractivity contribution is 0.00762. The number of hydrogen-bond donors (Lipinski definition) is 2. The van der Waals surface area contributed by atoms with Crippen LogP contribution < -0.4 is 0 Å². The van der Waals surface area contributed by atoms with Gasteiger partial charge in [-0.25, -0.2) is 0 Å². The average Bonchev–Trinajstić information content (AvgIpc) is 3.02. The Morgan fingerprint density at radius 3 is 2.57 bits per heavy atom. The summed E-state index contributed by atoms with van der Waals surface area (Å²) in [4.78, 5) is 2.50. The van der Waals surface area contributed by atoms with Crippen molar-refractivity contribution in [3.05, 3.63) is 46.8 Å². The molecule has 0 bridgehead atoms. The van der Waals surface area contributed by atoms with Gasteiger partial charge in [0.25, 0.3) is 0 Å². The van der Waals surface area contributed by atoms with E-state index in [2.05, 4.69) is 36.4 Å². The van der Waals surface area contributed by atoms with Crippen molar-refractivity contribution in [1.82, 2.24) is 0 Å². The highest BCUT2D eigenvalue weighted by molar-refractivity contribution is 7.16. The number of aryl methyl sites for hydroxylation is 1. The lowest BCUT2D eigenvalue weighted by Gasteiger charge is -2.25. The minimum atomic E-state index is -0.752. The van der Waals surface area contributed by atoms with Crippen LogP contribution in [0.25, 0.3) is 32.3 Å². The van der Waals surface area contributed by atoms with E-state index >= 15 is 0 Å². The first-order chi connectivity index (χ1) is 10.3. The number of aliphatic hydroxyl groups excluding tert-OH is 2. The molecule has 0 saturated carbocycles. The van der Waals surface area contributed by atoms with Crippen LogP contribution in [0.15, 0.2) is 36.4 Å². The third kappa shape index (κ3) is 1.39. The summed E-state index contributed by atoms with van der Waals surface area (Å²) in [6.45, 7) is 0. The largest absolute Gasteiger partial charge is 0.390 e. The van der Waals surface area contributed by atoms with Gasteiger partial charge in [-0.3, -0.25) is 0 Å². The van der Waals surface area contributed by atoms with Crippen LogP contribution in [0.5, 0.6) is 0 Å². The molecule has 1 aromatic heterocycles. The Balaban J connectivity index is 1.91. The molecule has 5 rings (SSSR count). The summed E-state index contributed by atoms with van der Waals surface area (Å²) in [5, 5.41) is 23.0. The maximum atomic E-state index is 10.5. The first kappa shape index (κ1) is 11.9. The van der Waals surface area contributed by atoms with Gasteiger partial charge in [-0.1, -0.05) is 36.4 Å². The van der Waals surface area contributed by atoms with Crippen molar-refractivity contribution in [1.29, 1.82) is 0 Å². The molecule has 0 unspecified atom stereocenters. The predicted molar refractivity (Wildman–Crippen MR) is 85.5 cm³/mol. The predicted octanol–water partition coefficient (Wildman–Crippen LogP) is 3.89. The molecule has 2 aromatic carbocycles. The van der Waals surface area contributed by atoms with Crippen molar-refractivity contribution in [3.8, 4) is 21.6 Å². The number of hydrogen-bond acceptors (Lipinski definition) is 3. The first-order valence-electron chi connectivity index (χ1n) is 7.30. The van der Waals surface area contributed by atoms with Crippen LogP contribution in [0.4, 0.5) is 0 Å². The Bertz CT molecular complexity index is 888. The number of aliphatic hydroxyl groups is 2. The van der Waals surface area contributed by atoms with Gasteiger partial charge < -0.3 is 10.2 Å². The van der Waals surface area contributed by atoms with E-state index in [1.54, 1.807) is 11.3 Å². The van der Waals surface area contributed by atoms with E-state index < -0.39 is 12.2 Å². The Morgan fingerprint density at radius 1 is 1.00 bits per heavy atom. The Labute approximate surface area is 126 Å². The van der Waals surface area contributed by atoms with Crippen molar-refractivity contribution in [3.63, 3.8) is 0 Å². The molecule has 2 atom stereocenters. The Kier molecular flexibility index (Phi) is 2.24. The van der Waals surface area contributed by atoms with Gasteiger partial charge in [0, 0.05) is 26.4 Å². The molecule has 0 spiro atoms. The molecule has 2 aliphatic carbocycles. The van der Waals surface area contributed by atoms with Gasteiger partial charge in [0.2, 0.25) is 0 Å². The molecule has 104 valence electrons. The third-order valence-electron chi connectivity index (χ3n) is 4.77. The molecule has 0 saturated heterocycles. The topological polar surface area (TPSA) is 40.5 Å². The summed E-state index contributed by atoms with van der Waals surface area (Å²) in [5.41, 5.74) is 4.62. The molecule has 0 radical (unpaired) electrons. The number of benzene rings is 2. The van der Waals surface area contributed by atoms with Crippen LogP contribution in [0.1, 0.15) is 23.0 Å². The van der Waals surface area contributed by atoms with Crippen LogP contribution in [-0.4, -0.2) is 16.3 Å². The normalized spacial score (nSPS) is 22.4. The van der Waals surface area contributed by atoms with Gasteiger partial charge in [0.1, 0.15) is 6.10 Å². The zero-order chi connectivity index (χ0) is 14.1.